The highest BCUT2D eigenvalue weighted by Gasteiger charge is 2.45. The second kappa shape index (κ2) is 6.17. The summed E-state index contributed by atoms with van der Waals surface area (Å²) in [6, 6.07) is 15.0. The number of aromatic nitrogens is 1. The van der Waals surface area contributed by atoms with E-state index in [0.717, 1.165) is 28.1 Å². The van der Waals surface area contributed by atoms with Gasteiger partial charge in [-0.3, -0.25) is 9.98 Å². The topological polar surface area (TPSA) is 28.5 Å². The van der Waals surface area contributed by atoms with Gasteiger partial charge in [0, 0.05) is 23.0 Å². The van der Waals surface area contributed by atoms with Gasteiger partial charge in [-0.25, -0.2) is 0 Å². The van der Waals surface area contributed by atoms with Crippen LogP contribution in [0.25, 0.3) is 0 Å². The minimum Gasteiger partial charge on any atom is -0.338 e. The standard InChI is InChI=1S/C18H18ClN3S/c1-2-14-11-23-18-21-16(15-5-3-4-10-20-15)17(22(14)18)12-6-8-13(19)9-7-12/h3-10,14,16-17H,2,11H2,1H3/t14-,16+,17+/m0/s1. The second-order valence-corrected chi connectivity index (χ2v) is 7.31. The number of hydrogen-bond donors (Lipinski definition) is 0. The molecule has 118 valence electrons. The SMILES string of the molecule is CC[C@H]1CSC2=N[C@H](c3ccccn3)[C@@H](c3ccc(Cl)cc3)N21. The summed E-state index contributed by atoms with van der Waals surface area (Å²) < 4.78 is 0. The van der Waals surface area contributed by atoms with Crippen molar-refractivity contribution in [2.75, 3.05) is 5.75 Å². The van der Waals surface area contributed by atoms with Gasteiger partial charge in [-0.05, 0) is 36.2 Å². The number of nitrogens with zero attached hydrogens (tertiary/aromatic N) is 3. The first-order valence-corrected chi connectivity index (χ1v) is 9.29. The molecule has 0 aliphatic carbocycles. The summed E-state index contributed by atoms with van der Waals surface area (Å²) >= 11 is 7.95. The van der Waals surface area contributed by atoms with Crippen LogP contribution in [0.15, 0.2) is 53.7 Å². The Balaban J connectivity index is 1.78. The smallest absolute Gasteiger partial charge is 0.160 e. The molecule has 4 rings (SSSR count). The summed E-state index contributed by atoms with van der Waals surface area (Å²) in [4.78, 5) is 12.1. The summed E-state index contributed by atoms with van der Waals surface area (Å²) in [5.41, 5.74) is 2.29. The van der Waals surface area contributed by atoms with E-state index < -0.39 is 0 Å². The maximum atomic E-state index is 6.08. The molecule has 3 heterocycles. The second-order valence-electron chi connectivity index (χ2n) is 5.89. The van der Waals surface area contributed by atoms with Crippen molar-refractivity contribution in [2.24, 2.45) is 4.99 Å². The van der Waals surface area contributed by atoms with Gasteiger partial charge >= 0.3 is 0 Å². The van der Waals surface area contributed by atoms with E-state index in [9.17, 15) is 0 Å². The fourth-order valence-corrected chi connectivity index (χ4v) is 4.83. The average molecular weight is 344 g/mol. The van der Waals surface area contributed by atoms with Gasteiger partial charge in [0.25, 0.3) is 0 Å². The van der Waals surface area contributed by atoms with Crippen LogP contribution < -0.4 is 0 Å². The van der Waals surface area contributed by atoms with E-state index in [0.29, 0.717) is 6.04 Å². The first-order chi connectivity index (χ1) is 11.3. The van der Waals surface area contributed by atoms with E-state index >= 15 is 0 Å². The number of hydrogen-bond acceptors (Lipinski definition) is 4. The van der Waals surface area contributed by atoms with Crippen LogP contribution in [0, 0.1) is 0 Å². The molecule has 3 nitrogen and oxygen atoms in total. The number of benzene rings is 1. The molecule has 0 saturated carbocycles. The molecule has 23 heavy (non-hydrogen) atoms. The third kappa shape index (κ3) is 2.64. The van der Waals surface area contributed by atoms with Crippen molar-refractivity contribution in [3.8, 4) is 0 Å². The molecule has 1 fully saturated rings. The Bertz CT molecular complexity index is 717. The maximum Gasteiger partial charge on any atom is 0.160 e. The van der Waals surface area contributed by atoms with Gasteiger partial charge in [-0.15, -0.1) is 0 Å². The largest absolute Gasteiger partial charge is 0.338 e. The first-order valence-electron chi connectivity index (χ1n) is 7.93. The Morgan fingerprint density at radius 1 is 1.22 bits per heavy atom. The van der Waals surface area contributed by atoms with Crippen LogP contribution in [0.4, 0.5) is 0 Å². The van der Waals surface area contributed by atoms with Crippen molar-refractivity contribution >= 4 is 28.5 Å². The Morgan fingerprint density at radius 2 is 2.04 bits per heavy atom. The van der Waals surface area contributed by atoms with Crippen molar-refractivity contribution in [1.82, 2.24) is 9.88 Å². The lowest BCUT2D eigenvalue weighted by atomic mass is 9.95. The van der Waals surface area contributed by atoms with Gasteiger partial charge in [-0.1, -0.05) is 48.5 Å². The molecule has 2 aliphatic rings. The number of pyridine rings is 1. The number of halogens is 1. The monoisotopic (exact) mass is 343 g/mol. The predicted molar refractivity (Wildman–Crippen MR) is 97.0 cm³/mol. The van der Waals surface area contributed by atoms with Crippen molar-refractivity contribution in [3.05, 3.63) is 64.9 Å². The normalized spacial score (nSPS) is 26.3. The van der Waals surface area contributed by atoms with Gasteiger partial charge in [0.15, 0.2) is 5.17 Å². The molecule has 0 spiro atoms. The minimum absolute atomic E-state index is 0.0502. The van der Waals surface area contributed by atoms with E-state index in [2.05, 4.69) is 35.0 Å². The third-order valence-electron chi connectivity index (χ3n) is 4.54. The summed E-state index contributed by atoms with van der Waals surface area (Å²) in [5, 5.41) is 1.93. The van der Waals surface area contributed by atoms with E-state index in [1.54, 1.807) is 0 Å². The van der Waals surface area contributed by atoms with Crippen LogP contribution in [-0.4, -0.2) is 26.8 Å². The molecule has 0 radical (unpaired) electrons. The van der Waals surface area contributed by atoms with Crippen LogP contribution in [-0.2, 0) is 0 Å². The maximum absolute atomic E-state index is 6.08. The quantitative estimate of drug-likeness (QED) is 0.807. The lowest BCUT2D eigenvalue weighted by molar-refractivity contribution is 0.255. The van der Waals surface area contributed by atoms with Crippen LogP contribution in [0.5, 0.6) is 0 Å². The fourth-order valence-electron chi connectivity index (χ4n) is 3.37. The summed E-state index contributed by atoms with van der Waals surface area (Å²) in [5.74, 6) is 1.12. The van der Waals surface area contributed by atoms with Gasteiger partial charge in [0.2, 0.25) is 0 Å². The van der Waals surface area contributed by atoms with Gasteiger partial charge in [-0.2, -0.15) is 0 Å². The summed E-state index contributed by atoms with van der Waals surface area (Å²) in [7, 11) is 0. The van der Waals surface area contributed by atoms with Crippen LogP contribution in [0.1, 0.15) is 36.7 Å². The number of fused-ring (bicyclic) bond motifs is 1. The van der Waals surface area contributed by atoms with Crippen molar-refractivity contribution in [3.63, 3.8) is 0 Å². The number of amidine groups is 1. The molecule has 5 heteroatoms. The molecular weight excluding hydrogens is 326 g/mol. The van der Waals surface area contributed by atoms with E-state index in [4.69, 9.17) is 16.6 Å². The van der Waals surface area contributed by atoms with Gasteiger partial charge in [0.1, 0.15) is 6.04 Å². The van der Waals surface area contributed by atoms with Gasteiger partial charge in [0.05, 0.1) is 11.7 Å². The highest BCUT2D eigenvalue weighted by atomic mass is 35.5. The van der Waals surface area contributed by atoms with Crippen molar-refractivity contribution in [1.29, 1.82) is 0 Å². The molecule has 0 amide bonds. The molecule has 2 aliphatic heterocycles. The molecule has 1 saturated heterocycles. The Morgan fingerprint density at radius 3 is 2.74 bits per heavy atom. The molecule has 2 aromatic rings. The van der Waals surface area contributed by atoms with E-state index in [-0.39, 0.29) is 12.1 Å². The van der Waals surface area contributed by atoms with Crippen LogP contribution >= 0.6 is 23.4 Å². The molecule has 0 unspecified atom stereocenters. The molecule has 3 atom stereocenters. The molecule has 0 N–H and O–H groups in total. The highest BCUT2D eigenvalue weighted by Crippen LogP contribution is 2.48. The molecule has 1 aromatic heterocycles. The van der Waals surface area contributed by atoms with Crippen molar-refractivity contribution < 1.29 is 0 Å². The molecular formula is C18H18ClN3S. The predicted octanol–water partition coefficient (Wildman–Crippen LogP) is 4.71. The third-order valence-corrected chi connectivity index (χ3v) is 5.92. The van der Waals surface area contributed by atoms with E-state index in [1.165, 1.54) is 5.56 Å². The zero-order valence-corrected chi connectivity index (χ0v) is 14.5. The zero-order valence-electron chi connectivity index (χ0n) is 12.9. The van der Waals surface area contributed by atoms with Crippen LogP contribution in [0.2, 0.25) is 5.02 Å². The minimum atomic E-state index is 0.0502. The fraction of sp³-hybridized carbons (Fsp3) is 0.333. The van der Waals surface area contributed by atoms with Crippen molar-refractivity contribution in [2.45, 2.75) is 31.5 Å². The van der Waals surface area contributed by atoms with E-state index in [1.807, 2.05) is 42.2 Å². The lowest BCUT2D eigenvalue weighted by Gasteiger charge is -2.31. The average Bonchev–Trinajstić information content (AvgIpc) is 3.15. The highest BCUT2D eigenvalue weighted by molar-refractivity contribution is 8.14. The number of thioether (sulfide) groups is 1. The van der Waals surface area contributed by atoms with Crippen LogP contribution in [0.3, 0.4) is 0 Å². The molecule has 0 bridgehead atoms. The number of aliphatic imine (C=N–C) groups is 1. The summed E-state index contributed by atoms with van der Waals surface area (Å²) in [6.45, 7) is 2.25. The Kier molecular flexibility index (Phi) is 4.04. The zero-order chi connectivity index (χ0) is 15.8. The Hall–Kier alpha value is -1.52. The lowest BCUT2D eigenvalue weighted by Crippen LogP contribution is -2.35. The van der Waals surface area contributed by atoms with Gasteiger partial charge < -0.3 is 4.90 Å². The summed E-state index contributed by atoms with van der Waals surface area (Å²) in [6.07, 6.45) is 2.98. The Labute approximate surface area is 145 Å². The molecule has 1 aromatic carbocycles. The number of rotatable bonds is 3. The first kappa shape index (κ1) is 15.0.